The van der Waals surface area contributed by atoms with Crippen LogP contribution in [-0.2, 0) is 14.5 Å². The average Bonchev–Trinajstić information content (AvgIpc) is 2.55. The highest BCUT2D eigenvalue weighted by Crippen LogP contribution is 2.28. The van der Waals surface area contributed by atoms with Crippen molar-refractivity contribution in [2.24, 2.45) is 4.36 Å². The van der Waals surface area contributed by atoms with E-state index in [1.54, 1.807) is 14.0 Å². The summed E-state index contributed by atoms with van der Waals surface area (Å²) >= 11 is 0. The zero-order valence-corrected chi connectivity index (χ0v) is 14.2. The van der Waals surface area contributed by atoms with Crippen LogP contribution in [0, 0.1) is 0 Å². The summed E-state index contributed by atoms with van der Waals surface area (Å²) in [5.41, 5.74) is 0. The minimum Gasteiger partial charge on any atom is -0.388 e. The summed E-state index contributed by atoms with van der Waals surface area (Å²) in [6, 6.07) is 0. The summed E-state index contributed by atoms with van der Waals surface area (Å²) in [6.45, 7) is 1.66. The Morgan fingerprint density at radius 1 is 1.09 bits per heavy atom. The third-order valence-electron chi connectivity index (χ3n) is 5.03. The lowest BCUT2D eigenvalue weighted by Crippen LogP contribution is -2.56. The molecule has 6 nitrogen and oxygen atoms in total. The van der Waals surface area contributed by atoms with E-state index < -0.39 is 40.2 Å². The van der Waals surface area contributed by atoms with Gasteiger partial charge in [0, 0.05) is 27.8 Å². The van der Waals surface area contributed by atoms with Gasteiger partial charge in [0.25, 0.3) is 0 Å². The third-order valence-corrected chi connectivity index (χ3v) is 7.98. The van der Waals surface area contributed by atoms with Crippen molar-refractivity contribution in [3.8, 4) is 0 Å². The van der Waals surface area contributed by atoms with Gasteiger partial charge in [-0.3, -0.25) is 0 Å². The lowest BCUT2D eigenvalue weighted by atomic mass is 9.94. The smallest absolute Gasteiger partial charge is 0.111 e. The van der Waals surface area contributed by atoms with Gasteiger partial charge >= 0.3 is 0 Å². The van der Waals surface area contributed by atoms with Crippen LogP contribution in [0.3, 0.4) is 0 Å². The van der Waals surface area contributed by atoms with E-state index in [0.717, 1.165) is 25.7 Å². The van der Waals surface area contributed by atoms with E-state index in [-0.39, 0.29) is 5.25 Å². The first kappa shape index (κ1) is 18.1. The van der Waals surface area contributed by atoms with Gasteiger partial charge in [0.15, 0.2) is 0 Å². The molecule has 3 N–H and O–H groups in total. The van der Waals surface area contributed by atoms with Gasteiger partial charge in [-0.05, 0) is 26.2 Å². The minimum absolute atomic E-state index is 0.125. The maximum absolute atomic E-state index is 13.1. The van der Waals surface area contributed by atoms with E-state index in [4.69, 9.17) is 4.74 Å². The topological polar surface area (TPSA) is 99.4 Å². The molecule has 6 atom stereocenters. The first-order valence-electron chi connectivity index (χ1n) is 8.20. The van der Waals surface area contributed by atoms with Crippen molar-refractivity contribution >= 4 is 9.73 Å². The van der Waals surface area contributed by atoms with E-state index in [0.29, 0.717) is 12.2 Å². The molecule has 1 heterocycles. The first-order chi connectivity index (χ1) is 10.4. The number of hydrogen-bond donors (Lipinski definition) is 3. The van der Waals surface area contributed by atoms with E-state index in [2.05, 4.69) is 4.36 Å². The molecule has 1 aliphatic heterocycles. The van der Waals surface area contributed by atoms with Gasteiger partial charge < -0.3 is 20.1 Å². The molecule has 2 fully saturated rings. The van der Waals surface area contributed by atoms with Crippen LogP contribution in [0.15, 0.2) is 4.36 Å². The summed E-state index contributed by atoms with van der Waals surface area (Å²) in [5.74, 6) is 0.366. The number of ether oxygens (including phenoxy) is 1. The zero-order chi connectivity index (χ0) is 16.3. The molecule has 2 rings (SSSR count). The highest BCUT2D eigenvalue weighted by Gasteiger charge is 2.42. The lowest BCUT2D eigenvalue weighted by molar-refractivity contribution is -0.217. The highest BCUT2D eigenvalue weighted by atomic mass is 32.2. The Morgan fingerprint density at radius 3 is 2.32 bits per heavy atom. The molecule has 0 radical (unpaired) electrons. The monoisotopic (exact) mass is 335 g/mol. The van der Waals surface area contributed by atoms with Crippen molar-refractivity contribution in [1.82, 2.24) is 0 Å². The molecule has 1 aliphatic carbocycles. The van der Waals surface area contributed by atoms with Gasteiger partial charge in [-0.1, -0.05) is 19.3 Å². The average molecular weight is 335 g/mol. The predicted molar refractivity (Wildman–Crippen MR) is 85.2 cm³/mol. The maximum Gasteiger partial charge on any atom is 0.111 e. The van der Waals surface area contributed by atoms with Crippen molar-refractivity contribution in [2.45, 2.75) is 81.2 Å². The highest BCUT2D eigenvalue weighted by molar-refractivity contribution is 7.94. The van der Waals surface area contributed by atoms with Crippen LogP contribution in [0.25, 0.3) is 0 Å². The molecule has 0 aromatic heterocycles. The summed E-state index contributed by atoms with van der Waals surface area (Å²) in [7, 11) is -0.703. The van der Waals surface area contributed by atoms with E-state index >= 15 is 0 Å². The molecule has 7 heteroatoms. The molecule has 22 heavy (non-hydrogen) atoms. The van der Waals surface area contributed by atoms with Crippen molar-refractivity contribution in [3.63, 3.8) is 0 Å². The molecule has 1 saturated heterocycles. The second-order valence-corrected chi connectivity index (χ2v) is 9.30. The Hall–Kier alpha value is -0.210. The van der Waals surface area contributed by atoms with Gasteiger partial charge in [0.1, 0.15) is 18.3 Å². The SMILES string of the molecule is CN=S(=O)(CC[C@H]1OC(C)[C@@H](O)[C@@H](O)[C@@H]1O)C1CCCCC1. The molecular formula is C15H29NO5S. The quantitative estimate of drug-likeness (QED) is 0.701. The van der Waals surface area contributed by atoms with Crippen LogP contribution in [0.2, 0.25) is 0 Å². The largest absolute Gasteiger partial charge is 0.388 e. The number of nitrogens with zero attached hydrogens (tertiary/aromatic N) is 1. The fraction of sp³-hybridized carbons (Fsp3) is 1.00. The third kappa shape index (κ3) is 3.82. The number of aliphatic hydroxyl groups excluding tert-OH is 3. The summed E-state index contributed by atoms with van der Waals surface area (Å²) in [6.07, 6.45) is 1.03. The van der Waals surface area contributed by atoms with Crippen molar-refractivity contribution < 1.29 is 24.3 Å². The molecule has 130 valence electrons. The maximum atomic E-state index is 13.1. The van der Waals surface area contributed by atoms with Crippen LogP contribution in [0.4, 0.5) is 0 Å². The summed E-state index contributed by atoms with van der Waals surface area (Å²) < 4.78 is 22.8. The molecule has 1 saturated carbocycles. The standard InChI is InChI=1S/C15H29NO5S/c1-10-13(17)15(19)14(18)12(21-10)8-9-22(20,16-2)11-6-4-3-5-7-11/h10-15,17-19H,3-9H2,1-2H3/t10?,12-,13-,14-,15-,22?/m1/s1. The lowest BCUT2D eigenvalue weighted by Gasteiger charge is -2.39. The van der Waals surface area contributed by atoms with Gasteiger partial charge in [0.05, 0.1) is 12.2 Å². The van der Waals surface area contributed by atoms with Crippen LogP contribution < -0.4 is 0 Å². The Labute approximate surface area is 133 Å². The van der Waals surface area contributed by atoms with Gasteiger partial charge in [-0.25, -0.2) is 8.57 Å². The van der Waals surface area contributed by atoms with E-state index in [1.807, 2.05) is 0 Å². The van der Waals surface area contributed by atoms with Crippen LogP contribution >= 0.6 is 0 Å². The fourth-order valence-corrected chi connectivity index (χ4v) is 5.95. The van der Waals surface area contributed by atoms with E-state index in [1.165, 1.54) is 6.42 Å². The molecule has 2 aliphatic rings. The molecule has 0 amide bonds. The van der Waals surface area contributed by atoms with E-state index in [9.17, 15) is 19.5 Å². The second kappa shape index (κ2) is 7.57. The number of hydrogen-bond acceptors (Lipinski definition) is 6. The summed E-state index contributed by atoms with van der Waals surface area (Å²) in [4.78, 5) is 0. The Morgan fingerprint density at radius 2 is 1.73 bits per heavy atom. The molecule has 2 unspecified atom stereocenters. The van der Waals surface area contributed by atoms with Crippen molar-refractivity contribution in [3.05, 3.63) is 0 Å². The number of rotatable bonds is 4. The normalized spacial score (nSPS) is 40.1. The van der Waals surface area contributed by atoms with Crippen LogP contribution in [0.1, 0.15) is 45.4 Å². The molecule has 0 aromatic rings. The van der Waals surface area contributed by atoms with Crippen LogP contribution in [-0.4, -0.2) is 68.1 Å². The van der Waals surface area contributed by atoms with Gasteiger partial charge in [-0.15, -0.1) is 0 Å². The molecular weight excluding hydrogens is 306 g/mol. The van der Waals surface area contributed by atoms with Gasteiger partial charge in [-0.2, -0.15) is 0 Å². The van der Waals surface area contributed by atoms with Crippen molar-refractivity contribution in [2.75, 3.05) is 12.8 Å². The van der Waals surface area contributed by atoms with Crippen LogP contribution in [0.5, 0.6) is 0 Å². The van der Waals surface area contributed by atoms with Gasteiger partial charge in [0.2, 0.25) is 0 Å². The Bertz CT molecular complexity index is 471. The molecule has 0 bridgehead atoms. The minimum atomic E-state index is -2.31. The molecule has 0 spiro atoms. The van der Waals surface area contributed by atoms with Crippen molar-refractivity contribution in [1.29, 1.82) is 0 Å². The second-order valence-electron chi connectivity index (χ2n) is 6.48. The summed E-state index contributed by atoms with van der Waals surface area (Å²) in [5, 5.41) is 29.7. The zero-order valence-electron chi connectivity index (χ0n) is 13.4. The molecule has 0 aromatic carbocycles. The number of aliphatic hydroxyl groups is 3. The first-order valence-corrected chi connectivity index (χ1v) is 9.95. The predicted octanol–water partition coefficient (Wildman–Crippen LogP) is 0.677. The Kier molecular flexibility index (Phi) is 6.24. The fourth-order valence-electron chi connectivity index (χ4n) is 3.50. The Balaban J connectivity index is 1.99.